The maximum atomic E-state index is 6.09. The van der Waals surface area contributed by atoms with Crippen molar-refractivity contribution in [1.29, 1.82) is 0 Å². The van der Waals surface area contributed by atoms with E-state index in [1.54, 1.807) is 18.4 Å². The number of nitrogens with zero attached hydrogens (tertiary/aromatic N) is 1. The minimum Gasteiger partial charge on any atom is -0.495 e. The van der Waals surface area contributed by atoms with Gasteiger partial charge in [-0.15, -0.1) is 11.3 Å². The summed E-state index contributed by atoms with van der Waals surface area (Å²) >= 11 is 7.79. The number of likely N-dealkylation sites (N-methyl/N-ethyl adjacent to an activating group) is 1. The summed E-state index contributed by atoms with van der Waals surface area (Å²) in [4.78, 5) is 4.54. The molecule has 2 aromatic rings. The minimum absolute atomic E-state index is 0.219. The van der Waals surface area contributed by atoms with Gasteiger partial charge in [-0.1, -0.05) is 24.6 Å². The van der Waals surface area contributed by atoms with E-state index >= 15 is 0 Å². The molecule has 1 N–H and O–H groups in total. The molecule has 0 radical (unpaired) electrons. The number of aryl methyl sites for hydroxylation is 1. The molecule has 0 aliphatic rings. The standard InChI is InChI=1S/C15H19ClN2OS/c1-4-17-13(8-15-18-10(2)9-20-15)11-5-6-12(16)14(7-11)19-3/h5-7,9,13,17H,4,8H2,1-3H3. The second-order valence-electron chi connectivity index (χ2n) is 4.59. The number of rotatable bonds is 6. The summed E-state index contributed by atoms with van der Waals surface area (Å²) in [5, 5.41) is 7.36. The van der Waals surface area contributed by atoms with Crippen LogP contribution in [0.15, 0.2) is 23.6 Å². The van der Waals surface area contributed by atoms with Gasteiger partial charge in [-0.05, 0) is 31.2 Å². The van der Waals surface area contributed by atoms with Crippen LogP contribution in [0.3, 0.4) is 0 Å². The number of hydrogen-bond donors (Lipinski definition) is 1. The quantitative estimate of drug-likeness (QED) is 0.875. The van der Waals surface area contributed by atoms with Crippen LogP contribution in [-0.2, 0) is 6.42 Å². The van der Waals surface area contributed by atoms with Crippen molar-refractivity contribution >= 4 is 22.9 Å². The largest absolute Gasteiger partial charge is 0.495 e. The average molecular weight is 311 g/mol. The van der Waals surface area contributed by atoms with Gasteiger partial charge in [-0.25, -0.2) is 4.98 Å². The van der Waals surface area contributed by atoms with E-state index in [2.05, 4.69) is 22.6 Å². The van der Waals surface area contributed by atoms with Crippen LogP contribution >= 0.6 is 22.9 Å². The van der Waals surface area contributed by atoms with Crippen LogP contribution in [0.4, 0.5) is 0 Å². The van der Waals surface area contributed by atoms with Crippen molar-refractivity contribution in [3.05, 3.63) is 44.9 Å². The molecule has 0 spiro atoms. The Morgan fingerprint density at radius 2 is 2.25 bits per heavy atom. The SMILES string of the molecule is CCNC(Cc1nc(C)cs1)c1ccc(Cl)c(OC)c1. The van der Waals surface area contributed by atoms with Gasteiger partial charge in [0.05, 0.1) is 17.1 Å². The van der Waals surface area contributed by atoms with E-state index in [4.69, 9.17) is 16.3 Å². The fourth-order valence-corrected chi connectivity index (χ4v) is 3.13. The lowest BCUT2D eigenvalue weighted by Gasteiger charge is -2.18. The Balaban J connectivity index is 2.23. The van der Waals surface area contributed by atoms with E-state index in [1.807, 2.05) is 25.1 Å². The Kier molecular flexibility index (Phi) is 5.40. The van der Waals surface area contributed by atoms with Gasteiger partial charge in [0.1, 0.15) is 5.75 Å². The number of ether oxygens (including phenoxy) is 1. The molecule has 20 heavy (non-hydrogen) atoms. The smallest absolute Gasteiger partial charge is 0.137 e. The maximum Gasteiger partial charge on any atom is 0.137 e. The van der Waals surface area contributed by atoms with E-state index in [0.717, 1.165) is 23.7 Å². The van der Waals surface area contributed by atoms with Crippen LogP contribution in [0, 0.1) is 6.92 Å². The minimum atomic E-state index is 0.219. The molecule has 0 saturated heterocycles. The lowest BCUT2D eigenvalue weighted by atomic mass is 10.0. The van der Waals surface area contributed by atoms with Crippen LogP contribution in [0.5, 0.6) is 5.75 Å². The summed E-state index contributed by atoms with van der Waals surface area (Å²) in [5.41, 5.74) is 2.25. The molecule has 0 aliphatic carbocycles. The Morgan fingerprint density at radius 3 is 2.85 bits per heavy atom. The molecule has 3 nitrogen and oxygen atoms in total. The molecule has 108 valence electrons. The highest BCUT2D eigenvalue weighted by Gasteiger charge is 2.15. The Hall–Kier alpha value is -1.10. The number of methoxy groups -OCH3 is 1. The van der Waals surface area contributed by atoms with Crippen molar-refractivity contribution in [3.63, 3.8) is 0 Å². The van der Waals surface area contributed by atoms with Gasteiger partial charge in [0.15, 0.2) is 0 Å². The Morgan fingerprint density at radius 1 is 1.45 bits per heavy atom. The topological polar surface area (TPSA) is 34.2 Å². The van der Waals surface area contributed by atoms with Gasteiger partial charge < -0.3 is 10.1 Å². The summed E-state index contributed by atoms with van der Waals surface area (Å²) in [6.07, 6.45) is 0.872. The summed E-state index contributed by atoms with van der Waals surface area (Å²) in [5.74, 6) is 0.711. The van der Waals surface area contributed by atoms with Crippen molar-refractivity contribution in [3.8, 4) is 5.75 Å². The third kappa shape index (κ3) is 3.72. The van der Waals surface area contributed by atoms with Crippen LogP contribution in [-0.4, -0.2) is 18.6 Å². The highest BCUT2D eigenvalue weighted by Crippen LogP contribution is 2.29. The first-order valence-electron chi connectivity index (χ1n) is 6.61. The second kappa shape index (κ2) is 7.07. The number of nitrogens with one attached hydrogen (secondary N) is 1. The van der Waals surface area contributed by atoms with Crippen LogP contribution < -0.4 is 10.1 Å². The fourth-order valence-electron chi connectivity index (χ4n) is 2.12. The molecule has 1 atom stereocenters. The Bertz CT molecular complexity index is 571. The van der Waals surface area contributed by atoms with E-state index in [-0.39, 0.29) is 6.04 Å². The van der Waals surface area contributed by atoms with Crippen molar-refractivity contribution in [2.24, 2.45) is 0 Å². The van der Waals surface area contributed by atoms with Gasteiger partial charge in [0, 0.05) is 23.5 Å². The van der Waals surface area contributed by atoms with Crippen LogP contribution in [0.25, 0.3) is 0 Å². The molecule has 0 aliphatic heterocycles. The summed E-state index contributed by atoms with van der Waals surface area (Å²) in [7, 11) is 1.64. The number of aromatic nitrogens is 1. The van der Waals surface area contributed by atoms with Crippen LogP contribution in [0.1, 0.15) is 29.2 Å². The highest BCUT2D eigenvalue weighted by atomic mass is 35.5. The predicted molar refractivity (Wildman–Crippen MR) is 85.0 cm³/mol. The zero-order chi connectivity index (χ0) is 14.5. The zero-order valence-electron chi connectivity index (χ0n) is 11.9. The van der Waals surface area contributed by atoms with Crippen LogP contribution in [0.2, 0.25) is 5.02 Å². The molecule has 0 amide bonds. The molecule has 1 aromatic carbocycles. The van der Waals surface area contributed by atoms with E-state index < -0.39 is 0 Å². The summed E-state index contributed by atoms with van der Waals surface area (Å²) < 4.78 is 5.30. The third-order valence-electron chi connectivity index (χ3n) is 3.07. The molecular weight excluding hydrogens is 292 g/mol. The molecule has 0 saturated carbocycles. The lowest BCUT2D eigenvalue weighted by molar-refractivity contribution is 0.413. The van der Waals surface area contributed by atoms with Crippen molar-refractivity contribution in [2.75, 3.05) is 13.7 Å². The molecule has 1 unspecified atom stereocenters. The molecule has 0 bridgehead atoms. The number of halogens is 1. The first-order valence-corrected chi connectivity index (χ1v) is 7.87. The first kappa shape index (κ1) is 15.3. The summed E-state index contributed by atoms with van der Waals surface area (Å²) in [6.45, 7) is 5.03. The van der Waals surface area contributed by atoms with Gasteiger partial charge in [-0.3, -0.25) is 0 Å². The number of benzene rings is 1. The fraction of sp³-hybridized carbons (Fsp3) is 0.400. The lowest BCUT2D eigenvalue weighted by Crippen LogP contribution is -2.23. The van der Waals surface area contributed by atoms with Crippen molar-refractivity contribution in [1.82, 2.24) is 10.3 Å². The normalized spacial score (nSPS) is 12.4. The van der Waals surface area contributed by atoms with Gasteiger partial charge in [0.25, 0.3) is 0 Å². The predicted octanol–water partition coefficient (Wildman–Crippen LogP) is 4.01. The molecule has 1 aromatic heterocycles. The molecule has 1 heterocycles. The second-order valence-corrected chi connectivity index (χ2v) is 5.94. The molecule has 2 rings (SSSR count). The number of thiazole rings is 1. The summed E-state index contributed by atoms with van der Waals surface area (Å²) in [6, 6.07) is 6.14. The van der Waals surface area contributed by atoms with Gasteiger partial charge >= 0.3 is 0 Å². The highest BCUT2D eigenvalue weighted by molar-refractivity contribution is 7.09. The van der Waals surface area contributed by atoms with Crippen molar-refractivity contribution < 1.29 is 4.74 Å². The first-order chi connectivity index (χ1) is 9.63. The van der Waals surface area contributed by atoms with Gasteiger partial charge in [-0.2, -0.15) is 0 Å². The third-order valence-corrected chi connectivity index (χ3v) is 4.37. The monoisotopic (exact) mass is 310 g/mol. The van der Waals surface area contributed by atoms with Crippen molar-refractivity contribution in [2.45, 2.75) is 26.3 Å². The van der Waals surface area contributed by atoms with E-state index in [0.29, 0.717) is 10.8 Å². The number of hydrogen-bond acceptors (Lipinski definition) is 4. The zero-order valence-corrected chi connectivity index (χ0v) is 13.5. The van der Waals surface area contributed by atoms with E-state index in [1.165, 1.54) is 5.56 Å². The molecule has 0 fully saturated rings. The van der Waals surface area contributed by atoms with Gasteiger partial charge in [0.2, 0.25) is 0 Å². The Labute approximate surface area is 129 Å². The molecule has 5 heteroatoms. The average Bonchev–Trinajstić information content (AvgIpc) is 2.84. The van der Waals surface area contributed by atoms with E-state index in [9.17, 15) is 0 Å². The maximum absolute atomic E-state index is 6.09. The molecular formula is C15H19ClN2OS.